The van der Waals surface area contributed by atoms with Gasteiger partial charge in [-0.3, -0.25) is 0 Å². The Morgan fingerprint density at radius 2 is 1.01 bits per heavy atom. The van der Waals surface area contributed by atoms with E-state index in [0.29, 0.717) is 17.9 Å². The van der Waals surface area contributed by atoms with Crippen molar-refractivity contribution in [1.82, 2.24) is 5.32 Å². The van der Waals surface area contributed by atoms with Crippen LogP contribution >= 0.6 is 0 Å². The highest BCUT2D eigenvalue weighted by Gasteiger charge is 2.33. The van der Waals surface area contributed by atoms with Crippen molar-refractivity contribution in [2.75, 3.05) is 22.6 Å². The number of hydrogen-bond acceptors (Lipinski definition) is 7. The maximum atomic E-state index is 10.8. The van der Waals surface area contributed by atoms with Gasteiger partial charge in [0, 0.05) is 27.9 Å². The molecule has 0 radical (unpaired) electrons. The average molecular weight is 968 g/mol. The molecule has 2 aliphatic heterocycles. The minimum Gasteiger partial charge on any atom is -0.398 e. The fourth-order valence-corrected chi connectivity index (χ4v) is 10.6. The lowest BCUT2D eigenvalue weighted by Crippen LogP contribution is -2.32. The highest BCUT2D eigenvalue weighted by molar-refractivity contribution is 6.13. The van der Waals surface area contributed by atoms with E-state index in [2.05, 4.69) is 222 Å². The average Bonchev–Trinajstić information content (AvgIpc) is 3.84. The molecule has 0 saturated carbocycles. The molecule has 0 aromatic heterocycles. The largest absolute Gasteiger partial charge is 0.398 e. The van der Waals surface area contributed by atoms with E-state index in [1.807, 2.05) is 48.5 Å². The molecule has 360 valence electrons. The fourth-order valence-electron chi connectivity index (χ4n) is 10.6. The quantitative estimate of drug-likeness (QED) is 0.106. The first kappa shape index (κ1) is 46.3. The summed E-state index contributed by atoms with van der Waals surface area (Å²) in [5, 5.41) is 18.1. The Hall–Kier alpha value is -9.77. The number of nitrogen functional groups attached to an aromatic ring is 1. The third-order valence-electron chi connectivity index (χ3n) is 14.3. The molecule has 4 N–H and O–H groups in total. The smallest absolute Gasteiger partial charge is 0.158 e. The van der Waals surface area contributed by atoms with Crippen LogP contribution < -0.4 is 21.3 Å². The van der Waals surface area contributed by atoms with Gasteiger partial charge in [-0.15, -0.1) is 0 Å². The summed E-state index contributed by atoms with van der Waals surface area (Å²) in [6.45, 7) is 2.70. The zero-order valence-corrected chi connectivity index (χ0v) is 41.6. The number of nitriles is 1. The van der Waals surface area contributed by atoms with Crippen LogP contribution in [-0.2, 0) is 0 Å². The number of nitrogens with one attached hydrogen (secondary N) is 2. The van der Waals surface area contributed by atoms with Crippen molar-refractivity contribution in [3.8, 4) is 84.0 Å². The molecule has 0 fully saturated rings. The standard InChI is InChI=1S/C68H53N7/c1-2-16-65-73-62-41-58(47-17-6-3-7-18-47)59(48-19-8-4-9-20-48)42-64(62)75(65)63-30-15-29-57(43-69)66(63)55-27-14-26-54(39-55)60-40-53(35-36-61(60)70)46-33-31-45(32-34-46)50-23-12-24-51(37-50)52-25-13-28-56(38-52)68-72-44-71-67(74-68)49-21-10-5-11-22-49/h3-15,17-42,65,73H,2,16,44,70H2,1H3,(H,71,72,74). The van der Waals surface area contributed by atoms with E-state index < -0.39 is 0 Å². The van der Waals surface area contributed by atoms with E-state index in [-0.39, 0.29) is 6.17 Å². The van der Waals surface area contributed by atoms with Gasteiger partial charge in [-0.2, -0.15) is 5.26 Å². The van der Waals surface area contributed by atoms with E-state index in [1.165, 1.54) is 5.56 Å². The zero-order valence-electron chi connectivity index (χ0n) is 41.6. The molecule has 0 bridgehead atoms. The number of rotatable bonds is 12. The summed E-state index contributed by atoms with van der Waals surface area (Å²) in [5.74, 6) is 1.55. The number of fused-ring (bicyclic) bond motifs is 1. The zero-order chi connectivity index (χ0) is 50.7. The molecule has 75 heavy (non-hydrogen) atoms. The van der Waals surface area contributed by atoms with Crippen LogP contribution in [0.3, 0.4) is 0 Å². The molecule has 7 heteroatoms. The van der Waals surface area contributed by atoms with E-state index in [1.54, 1.807) is 0 Å². The minimum absolute atomic E-state index is 0.0272. The number of nitrogens with two attached hydrogens (primary N) is 1. The van der Waals surface area contributed by atoms with Crippen LogP contribution in [0.5, 0.6) is 0 Å². The third-order valence-corrected chi connectivity index (χ3v) is 14.3. The molecule has 0 saturated heterocycles. The Labute approximate surface area is 438 Å². The summed E-state index contributed by atoms with van der Waals surface area (Å²) in [6.07, 6.45) is 1.85. The molecule has 2 heterocycles. The van der Waals surface area contributed by atoms with Crippen molar-refractivity contribution in [3.05, 3.63) is 253 Å². The summed E-state index contributed by atoms with van der Waals surface area (Å²) in [4.78, 5) is 11.9. The first-order valence-corrected chi connectivity index (χ1v) is 25.6. The van der Waals surface area contributed by atoms with Crippen molar-refractivity contribution < 1.29 is 0 Å². The predicted octanol–water partition coefficient (Wildman–Crippen LogP) is 16.3. The number of benzene rings is 10. The third kappa shape index (κ3) is 9.22. The van der Waals surface area contributed by atoms with Crippen LogP contribution in [0.2, 0.25) is 0 Å². The molecule has 7 nitrogen and oxygen atoms in total. The van der Waals surface area contributed by atoms with Crippen molar-refractivity contribution in [2.24, 2.45) is 9.98 Å². The van der Waals surface area contributed by atoms with Gasteiger partial charge in [0.1, 0.15) is 18.7 Å². The van der Waals surface area contributed by atoms with Gasteiger partial charge in [0.25, 0.3) is 0 Å². The normalized spacial score (nSPS) is 13.7. The lowest BCUT2D eigenvalue weighted by Gasteiger charge is -2.30. The number of anilines is 4. The second-order valence-corrected chi connectivity index (χ2v) is 19.0. The van der Waals surface area contributed by atoms with Gasteiger partial charge in [-0.05, 0) is 128 Å². The second kappa shape index (κ2) is 20.4. The van der Waals surface area contributed by atoms with E-state index >= 15 is 0 Å². The maximum absolute atomic E-state index is 10.8. The summed E-state index contributed by atoms with van der Waals surface area (Å²) < 4.78 is 0. The van der Waals surface area contributed by atoms with E-state index in [0.717, 1.165) is 125 Å². The predicted molar refractivity (Wildman–Crippen MR) is 312 cm³/mol. The van der Waals surface area contributed by atoms with Gasteiger partial charge in [0.15, 0.2) is 5.84 Å². The molecule has 0 aliphatic carbocycles. The molecule has 1 atom stereocenters. The highest BCUT2D eigenvalue weighted by Crippen LogP contribution is 2.50. The van der Waals surface area contributed by atoms with Gasteiger partial charge < -0.3 is 21.3 Å². The van der Waals surface area contributed by atoms with Gasteiger partial charge in [0.05, 0.1) is 28.7 Å². The van der Waals surface area contributed by atoms with E-state index in [9.17, 15) is 5.26 Å². The lowest BCUT2D eigenvalue weighted by atomic mass is 9.91. The molecular formula is C68H53N7. The van der Waals surface area contributed by atoms with Crippen molar-refractivity contribution >= 4 is 34.4 Å². The summed E-state index contributed by atoms with van der Waals surface area (Å²) in [7, 11) is 0. The molecule has 1 unspecified atom stereocenters. The summed E-state index contributed by atoms with van der Waals surface area (Å²) in [5.41, 5.74) is 28.3. The molecule has 2 aliphatic rings. The molecule has 0 amide bonds. The monoisotopic (exact) mass is 967 g/mol. The number of amidine groups is 2. The molecule has 10 aromatic rings. The van der Waals surface area contributed by atoms with Gasteiger partial charge in [0.2, 0.25) is 0 Å². The van der Waals surface area contributed by atoms with Crippen LogP contribution in [0, 0.1) is 11.3 Å². The topological polar surface area (TPSA) is 102 Å². The Bertz CT molecular complexity index is 3840. The number of aliphatic imine (C=N–C) groups is 2. The van der Waals surface area contributed by atoms with Crippen LogP contribution in [-0.4, -0.2) is 24.5 Å². The minimum atomic E-state index is -0.0272. The van der Waals surface area contributed by atoms with Crippen LogP contribution in [0.1, 0.15) is 36.5 Å². The number of nitrogens with zero attached hydrogens (tertiary/aromatic N) is 4. The molecule has 10 aromatic carbocycles. The maximum Gasteiger partial charge on any atom is 0.158 e. The first-order chi connectivity index (χ1) is 37.0. The Balaban J connectivity index is 0.849. The second-order valence-electron chi connectivity index (χ2n) is 19.0. The summed E-state index contributed by atoms with van der Waals surface area (Å²) >= 11 is 0. The summed E-state index contributed by atoms with van der Waals surface area (Å²) in [6, 6.07) is 85.3. The number of hydrogen-bond donors (Lipinski definition) is 3. The fraction of sp³-hybridized carbons (Fsp3) is 0.0735. The van der Waals surface area contributed by atoms with Gasteiger partial charge in [-0.1, -0.05) is 195 Å². The highest BCUT2D eigenvalue weighted by atomic mass is 15.3. The molecular weight excluding hydrogens is 915 g/mol. The van der Waals surface area contributed by atoms with Crippen LogP contribution in [0.15, 0.2) is 247 Å². The first-order valence-electron chi connectivity index (χ1n) is 25.6. The van der Waals surface area contributed by atoms with Crippen LogP contribution in [0.4, 0.5) is 22.7 Å². The SMILES string of the molecule is CCCC1Nc2cc(-c3ccccc3)c(-c3ccccc3)cc2N1c1cccc(C#N)c1-c1cccc(-c2cc(-c3ccc(-c4cccc(-c5cccc(C6=NC(c7ccccc7)=NCN6)c5)c4)cc3)ccc2N)c1. The van der Waals surface area contributed by atoms with E-state index in [4.69, 9.17) is 10.7 Å². The van der Waals surface area contributed by atoms with Crippen molar-refractivity contribution in [3.63, 3.8) is 0 Å². The van der Waals surface area contributed by atoms with Crippen molar-refractivity contribution in [1.29, 1.82) is 5.26 Å². The molecule has 12 rings (SSSR count). The molecule has 0 spiro atoms. The van der Waals surface area contributed by atoms with Crippen molar-refractivity contribution in [2.45, 2.75) is 25.9 Å². The Kier molecular flexibility index (Phi) is 12.6. The Morgan fingerprint density at radius 1 is 0.493 bits per heavy atom. The van der Waals surface area contributed by atoms with Crippen LogP contribution in [0.25, 0.3) is 77.9 Å². The van der Waals surface area contributed by atoms with Gasteiger partial charge >= 0.3 is 0 Å². The van der Waals surface area contributed by atoms with Gasteiger partial charge in [-0.25, -0.2) is 9.98 Å². The lowest BCUT2D eigenvalue weighted by molar-refractivity contribution is 0.666. The Morgan fingerprint density at radius 3 is 1.67 bits per heavy atom.